The van der Waals surface area contributed by atoms with Gasteiger partial charge in [0.25, 0.3) is 20.2 Å². The van der Waals surface area contributed by atoms with E-state index >= 15 is 0 Å². The Kier molecular flexibility index (Phi) is 7.83. The fraction of sp³-hybridized carbons (Fsp3) is 0.667. The van der Waals surface area contributed by atoms with Gasteiger partial charge in [0.15, 0.2) is 0 Å². The third-order valence-corrected chi connectivity index (χ3v) is 6.43. The Balaban J connectivity index is 2.06. The number of hydrogen-bond donors (Lipinski definition) is 2. The molecule has 10 nitrogen and oxygen atoms in total. The van der Waals surface area contributed by atoms with Crippen molar-refractivity contribution in [2.75, 3.05) is 38.8 Å². The highest BCUT2D eigenvalue weighted by Crippen LogP contribution is 2.58. The quantitative estimate of drug-likeness (QED) is 0.225. The summed E-state index contributed by atoms with van der Waals surface area (Å²) in [7, 11) is -7.22. The largest absolute Gasteiger partial charge is 0.353 e. The average molecular weight is 465 g/mol. The van der Waals surface area contributed by atoms with E-state index in [1.54, 1.807) is 6.08 Å². The van der Waals surface area contributed by atoms with Gasteiger partial charge in [0.05, 0.1) is 37.6 Å². The van der Waals surface area contributed by atoms with Gasteiger partial charge in [-0.3, -0.25) is 18.0 Å². The zero-order chi connectivity index (χ0) is 22.6. The molecule has 2 bridgehead atoms. The van der Waals surface area contributed by atoms with Gasteiger partial charge in [-0.05, 0) is 18.8 Å². The molecule has 12 heteroatoms. The van der Waals surface area contributed by atoms with Gasteiger partial charge in [0, 0.05) is 18.5 Å². The number of amides is 2. The van der Waals surface area contributed by atoms with Crippen molar-refractivity contribution in [2.24, 2.45) is 23.2 Å². The second-order valence-corrected chi connectivity index (χ2v) is 10.9. The number of nitrogens with one attached hydrogen (secondary N) is 2. The summed E-state index contributed by atoms with van der Waals surface area (Å²) in [6.45, 7) is 3.33. The maximum atomic E-state index is 12.9. The van der Waals surface area contributed by atoms with Crippen LogP contribution in [0.25, 0.3) is 0 Å². The number of carbonyl (C=O) groups excluding carboxylic acids is 2. The Morgan fingerprint density at radius 1 is 1.07 bits per heavy atom. The number of hydrogen-bond acceptors (Lipinski definition) is 8. The van der Waals surface area contributed by atoms with Crippen LogP contribution in [-0.2, 0) is 38.2 Å². The molecule has 0 aromatic heterocycles. The summed E-state index contributed by atoms with van der Waals surface area (Å²) < 4.78 is 53.4. The van der Waals surface area contributed by atoms with E-state index in [9.17, 15) is 26.4 Å². The molecule has 0 aliphatic heterocycles. The standard InChI is InChI=1S/C18H28N2O8S2/c1-4-6-18-7-5-13(12-18)14(16(21)19-8-10-27-29(2,23)24)15(18)17(22)20-9-11-28-30(3,25)26/h4-5,7,13-15H,1,6,8-12H2,2-3H3,(H,19,21)(H,20,22). The van der Waals surface area contributed by atoms with Crippen molar-refractivity contribution in [1.29, 1.82) is 0 Å². The maximum absolute atomic E-state index is 12.9. The van der Waals surface area contributed by atoms with Crippen LogP contribution in [-0.4, -0.2) is 67.5 Å². The summed E-state index contributed by atoms with van der Waals surface area (Å²) in [6.07, 6.45) is 8.56. The molecule has 2 N–H and O–H groups in total. The lowest BCUT2D eigenvalue weighted by molar-refractivity contribution is -0.137. The molecule has 4 unspecified atom stereocenters. The Labute approximate surface area is 177 Å². The SMILES string of the molecule is C=CCC12C=CC(C1)C(C(=O)NCCOS(C)(=O)=O)C2C(=O)NCCOS(C)(=O)=O. The molecule has 2 aliphatic rings. The summed E-state index contributed by atoms with van der Waals surface area (Å²) in [4.78, 5) is 25.8. The number of fused-ring (bicyclic) bond motifs is 2. The second-order valence-electron chi connectivity index (χ2n) is 7.59. The van der Waals surface area contributed by atoms with E-state index in [1.165, 1.54) is 0 Å². The van der Waals surface area contributed by atoms with E-state index in [0.717, 1.165) is 12.5 Å². The zero-order valence-electron chi connectivity index (χ0n) is 17.0. The Morgan fingerprint density at radius 2 is 1.60 bits per heavy atom. The van der Waals surface area contributed by atoms with Gasteiger partial charge >= 0.3 is 0 Å². The molecule has 0 aromatic rings. The van der Waals surface area contributed by atoms with Crippen LogP contribution in [0.15, 0.2) is 24.8 Å². The third kappa shape index (κ3) is 6.37. The molecule has 1 fully saturated rings. The van der Waals surface area contributed by atoms with Crippen molar-refractivity contribution in [2.45, 2.75) is 12.8 Å². The van der Waals surface area contributed by atoms with Crippen molar-refractivity contribution >= 4 is 32.1 Å². The minimum atomic E-state index is -3.61. The Morgan fingerprint density at radius 3 is 2.10 bits per heavy atom. The first-order chi connectivity index (χ1) is 13.9. The van der Waals surface area contributed by atoms with E-state index in [0.29, 0.717) is 12.8 Å². The lowest BCUT2D eigenvalue weighted by atomic mass is 9.70. The van der Waals surface area contributed by atoms with E-state index in [2.05, 4.69) is 25.6 Å². The van der Waals surface area contributed by atoms with Crippen molar-refractivity contribution < 1.29 is 34.8 Å². The van der Waals surface area contributed by atoms with Crippen molar-refractivity contribution in [3.8, 4) is 0 Å². The van der Waals surface area contributed by atoms with E-state index in [-0.39, 0.29) is 44.0 Å². The lowest BCUT2D eigenvalue weighted by Crippen LogP contribution is -2.48. The highest BCUT2D eigenvalue weighted by Gasteiger charge is 2.59. The molecule has 0 aromatic carbocycles. The van der Waals surface area contributed by atoms with Gasteiger partial charge < -0.3 is 10.6 Å². The van der Waals surface area contributed by atoms with E-state index in [1.807, 2.05) is 12.2 Å². The molecule has 2 rings (SSSR count). The van der Waals surface area contributed by atoms with Crippen LogP contribution >= 0.6 is 0 Å². The third-order valence-electron chi connectivity index (χ3n) is 5.24. The summed E-state index contributed by atoms with van der Waals surface area (Å²) >= 11 is 0. The van der Waals surface area contributed by atoms with Crippen molar-refractivity contribution in [3.05, 3.63) is 24.8 Å². The number of allylic oxidation sites excluding steroid dienone is 3. The fourth-order valence-electron chi connectivity index (χ4n) is 4.25. The highest BCUT2D eigenvalue weighted by atomic mass is 32.2. The van der Waals surface area contributed by atoms with Crippen molar-refractivity contribution in [3.63, 3.8) is 0 Å². The monoisotopic (exact) mass is 464 g/mol. The predicted molar refractivity (Wildman–Crippen MR) is 109 cm³/mol. The van der Waals surface area contributed by atoms with Crippen LogP contribution < -0.4 is 10.6 Å². The van der Waals surface area contributed by atoms with Gasteiger partial charge in [0.1, 0.15) is 0 Å². The first-order valence-electron chi connectivity index (χ1n) is 9.43. The smallest absolute Gasteiger partial charge is 0.264 e. The molecule has 30 heavy (non-hydrogen) atoms. The highest BCUT2D eigenvalue weighted by molar-refractivity contribution is 7.86. The van der Waals surface area contributed by atoms with Gasteiger partial charge in [0.2, 0.25) is 11.8 Å². The molecular weight excluding hydrogens is 436 g/mol. The molecule has 0 spiro atoms. The van der Waals surface area contributed by atoms with Crippen molar-refractivity contribution in [1.82, 2.24) is 10.6 Å². The molecule has 2 aliphatic carbocycles. The van der Waals surface area contributed by atoms with Crippen LogP contribution in [0.3, 0.4) is 0 Å². The maximum Gasteiger partial charge on any atom is 0.264 e. The van der Waals surface area contributed by atoms with Crippen LogP contribution in [0.5, 0.6) is 0 Å². The van der Waals surface area contributed by atoms with Gasteiger partial charge in [-0.2, -0.15) is 16.8 Å². The first kappa shape index (κ1) is 24.5. The molecule has 0 heterocycles. The molecule has 1 saturated carbocycles. The number of rotatable bonds is 12. The van der Waals surface area contributed by atoms with Crippen LogP contribution in [0.4, 0.5) is 0 Å². The molecule has 4 atom stereocenters. The lowest BCUT2D eigenvalue weighted by Gasteiger charge is -2.34. The minimum Gasteiger partial charge on any atom is -0.353 e. The predicted octanol–water partition coefficient (Wildman–Crippen LogP) is -0.444. The van der Waals surface area contributed by atoms with Crippen LogP contribution in [0.2, 0.25) is 0 Å². The summed E-state index contributed by atoms with van der Waals surface area (Å²) in [5, 5.41) is 5.30. The fourth-order valence-corrected chi connectivity index (χ4v) is 5.02. The summed E-state index contributed by atoms with van der Waals surface area (Å²) in [5.74, 6) is -2.17. The first-order valence-corrected chi connectivity index (χ1v) is 13.1. The van der Waals surface area contributed by atoms with Crippen LogP contribution in [0, 0.1) is 23.2 Å². The zero-order valence-corrected chi connectivity index (χ0v) is 18.6. The van der Waals surface area contributed by atoms with Gasteiger partial charge in [-0.15, -0.1) is 6.58 Å². The Bertz CT molecular complexity index is 912. The second kappa shape index (κ2) is 9.58. The molecule has 170 valence electrons. The topological polar surface area (TPSA) is 145 Å². The Hall–Kier alpha value is -1.76. The van der Waals surface area contributed by atoms with Gasteiger partial charge in [-0.1, -0.05) is 18.2 Å². The van der Waals surface area contributed by atoms with E-state index < -0.39 is 37.5 Å². The normalized spacial score (nSPS) is 27.7. The summed E-state index contributed by atoms with van der Waals surface area (Å²) in [5.41, 5.74) is -0.542. The number of carbonyl (C=O) groups is 2. The molecule has 0 saturated heterocycles. The minimum absolute atomic E-state index is 0.0101. The molecule has 2 amide bonds. The van der Waals surface area contributed by atoms with Crippen LogP contribution in [0.1, 0.15) is 12.8 Å². The average Bonchev–Trinajstić information content (AvgIpc) is 3.16. The summed E-state index contributed by atoms with van der Waals surface area (Å²) in [6, 6.07) is 0. The van der Waals surface area contributed by atoms with Gasteiger partial charge in [-0.25, -0.2) is 0 Å². The molecular formula is C18H28N2O8S2. The van der Waals surface area contributed by atoms with E-state index in [4.69, 9.17) is 0 Å². The molecule has 0 radical (unpaired) electrons.